The summed E-state index contributed by atoms with van der Waals surface area (Å²) in [5, 5.41) is 20.5. The zero-order valence-corrected chi connectivity index (χ0v) is 18.6. The SMILES string of the molecule is N#CC1=CCc2cc(-c3nnc(N[C@H]4N=C(c5ccccc5)c5ccccc5CC4=O)o3)ccc21. The summed E-state index contributed by atoms with van der Waals surface area (Å²) in [6, 6.07) is 25.7. The van der Waals surface area contributed by atoms with Crippen molar-refractivity contribution in [2.45, 2.75) is 19.0 Å². The van der Waals surface area contributed by atoms with Crippen molar-refractivity contribution in [2.24, 2.45) is 4.99 Å². The molecule has 35 heavy (non-hydrogen) atoms. The van der Waals surface area contributed by atoms with Gasteiger partial charge in [-0.1, -0.05) is 71.8 Å². The smallest absolute Gasteiger partial charge is 0.317 e. The molecule has 1 aliphatic carbocycles. The van der Waals surface area contributed by atoms with Crippen LogP contribution in [0.2, 0.25) is 0 Å². The van der Waals surface area contributed by atoms with Crippen LogP contribution in [0, 0.1) is 11.3 Å². The molecule has 7 nitrogen and oxygen atoms in total. The lowest BCUT2D eigenvalue weighted by molar-refractivity contribution is -0.119. The van der Waals surface area contributed by atoms with Crippen LogP contribution in [0.25, 0.3) is 17.0 Å². The van der Waals surface area contributed by atoms with E-state index in [2.05, 4.69) is 21.6 Å². The number of fused-ring (bicyclic) bond motifs is 2. The normalized spacial score (nSPS) is 16.4. The maximum Gasteiger partial charge on any atom is 0.317 e. The Hall–Kier alpha value is -4.83. The number of hydrogen-bond acceptors (Lipinski definition) is 7. The number of hydrogen-bond donors (Lipinski definition) is 1. The fourth-order valence-corrected chi connectivity index (χ4v) is 4.50. The van der Waals surface area contributed by atoms with Crippen LogP contribution in [0.1, 0.15) is 27.8 Å². The third-order valence-corrected chi connectivity index (χ3v) is 6.22. The Kier molecular flexibility index (Phi) is 5.04. The van der Waals surface area contributed by atoms with E-state index < -0.39 is 6.17 Å². The van der Waals surface area contributed by atoms with Crippen LogP contribution in [-0.2, 0) is 17.6 Å². The van der Waals surface area contributed by atoms with Gasteiger partial charge < -0.3 is 9.73 Å². The molecule has 0 spiro atoms. The number of benzene rings is 3. The summed E-state index contributed by atoms with van der Waals surface area (Å²) >= 11 is 0. The number of carbonyl (C=O) groups excluding carboxylic acids is 1. The molecule has 0 saturated carbocycles. The number of nitrogens with zero attached hydrogens (tertiary/aromatic N) is 4. The van der Waals surface area contributed by atoms with Crippen molar-refractivity contribution in [1.82, 2.24) is 10.2 Å². The molecule has 0 saturated heterocycles. The predicted molar refractivity (Wildman–Crippen MR) is 132 cm³/mol. The van der Waals surface area contributed by atoms with Gasteiger partial charge in [0, 0.05) is 23.1 Å². The highest BCUT2D eigenvalue weighted by Gasteiger charge is 2.27. The molecule has 0 bridgehead atoms. The first-order chi connectivity index (χ1) is 17.2. The Labute approximate surface area is 201 Å². The third kappa shape index (κ3) is 3.81. The number of Topliss-reactive ketones (excluding diaryl/α,β-unsaturated/α-hetero) is 1. The number of carbonyl (C=O) groups is 1. The molecule has 3 aromatic carbocycles. The van der Waals surface area contributed by atoms with Gasteiger partial charge in [0.1, 0.15) is 0 Å². The molecular weight excluding hydrogens is 438 g/mol. The van der Waals surface area contributed by atoms with Crippen molar-refractivity contribution in [1.29, 1.82) is 5.26 Å². The summed E-state index contributed by atoms with van der Waals surface area (Å²) in [5.74, 6) is 0.244. The highest BCUT2D eigenvalue weighted by Crippen LogP contribution is 2.31. The van der Waals surface area contributed by atoms with Crippen LogP contribution >= 0.6 is 0 Å². The Morgan fingerprint density at radius 3 is 2.60 bits per heavy atom. The summed E-state index contributed by atoms with van der Waals surface area (Å²) in [7, 11) is 0. The molecule has 1 aliphatic heterocycles. The fourth-order valence-electron chi connectivity index (χ4n) is 4.50. The van der Waals surface area contributed by atoms with Gasteiger partial charge in [0.15, 0.2) is 11.9 Å². The van der Waals surface area contributed by atoms with Crippen molar-refractivity contribution < 1.29 is 9.21 Å². The molecule has 1 N–H and O–H groups in total. The number of aliphatic imine (C=N–C) groups is 1. The zero-order chi connectivity index (χ0) is 23.8. The first-order valence-electron chi connectivity index (χ1n) is 11.3. The van der Waals surface area contributed by atoms with Crippen molar-refractivity contribution >= 4 is 23.1 Å². The van der Waals surface area contributed by atoms with Crippen molar-refractivity contribution in [3.8, 4) is 17.5 Å². The summed E-state index contributed by atoms with van der Waals surface area (Å²) in [4.78, 5) is 17.9. The molecule has 168 valence electrons. The van der Waals surface area contributed by atoms with Crippen molar-refractivity contribution in [2.75, 3.05) is 5.32 Å². The van der Waals surface area contributed by atoms with E-state index in [1.807, 2.05) is 78.9 Å². The van der Waals surface area contributed by atoms with Crippen LogP contribution in [0.5, 0.6) is 0 Å². The Balaban J connectivity index is 1.31. The first kappa shape index (κ1) is 20.8. The van der Waals surface area contributed by atoms with E-state index in [4.69, 9.17) is 9.41 Å². The summed E-state index contributed by atoms with van der Waals surface area (Å²) in [6.45, 7) is 0. The second kappa shape index (κ2) is 8.50. The number of anilines is 1. The van der Waals surface area contributed by atoms with Gasteiger partial charge in [-0.25, -0.2) is 0 Å². The van der Waals surface area contributed by atoms with Crippen LogP contribution in [0.3, 0.4) is 0 Å². The minimum atomic E-state index is -0.867. The van der Waals surface area contributed by atoms with Gasteiger partial charge >= 0.3 is 6.01 Å². The predicted octanol–water partition coefficient (Wildman–Crippen LogP) is 4.60. The Bertz CT molecular complexity index is 1560. The van der Waals surface area contributed by atoms with Gasteiger partial charge in [-0.05, 0) is 35.2 Å². The molecule has 4 aromatic rings. The quantitative estimate of drug-likeness (QED) is 0.480. The second-order valence-electron chi connectivity index (χ2n) is 8.41. The van der Waals surface area contributed by atoms with Crippen LogP contribution in [-0.4, -0.2) is 27.9 Å². The maximum atomic E-state index is 13.1. The van der Waals surface area contributed by atoms with Gasteiger partial charge in [0.2, 0.25) is 5.89 Å². The number of ketones is 1. The van der Waals surface area contributed by atoms with Crippen LogP contribution in [0.4, 0.5) is 6.01 Å². The Morgan fingerprint density at radius 2 is 1.74 bits per heavy atom. The molecule has 0 amide bonds. The molecule has 6 rings (SSSR count). The first-order valence-corrected chi connectivity index (χ1v) is 11.3. The average Bonchev–Trinajstić information content (AvgIpc) is 3.50. The van der Waals surface area contributed by atoms with Gasteiger partial charge in [0.25, 0.3) is 0 Å². The van der Waals surface area contributed by atoms with Crippen molar-refractivity contribution in [3.63, 3.8) is 0 Å². The van der Waals surface area contributed by atoms with Crippen LogP contribution < -0.4 is 5.32 Å². The highest BCUT2D eigenvalue weighted by molar-refractivity contribution is 6.16. The molecule has 1 aromatic heterocycles. The molecular formula is C28H19N5O2. The largest absolute Gasteiger partial charge is 0.403 e. The molecule has 2 aliphatic rings. The summed E-state index contributed by atoms with van der Waals surface area (Å²) in [5.41, 5.74) is 6.94. The lowest BCUT2D eigenvalue weighted by Crippen LogP contribution is -2.29. The van der Waals surface area contributed by atoms with Gasteiger partial charge in [-0.2, -0.15) is 5.26 Å². The molecule has 7 heteroatoms. The van der Waals surface area contributed by atoms with E-state index in [1.54, 1.807) is 0 Å². The number of nitrogens with one attached hydrogen (secondary N) is 1. The molecule has 0 radical (unpaired) electrons. The van der Waals surface area contributed by atoms with E-state index in [0.717, 1.165) is 39.1 Å². The minimum Gasteiger partial charge on any atom is -0.403 e. The number of nitriles is 1. The summed E-state index contributed by atoms with van der Waals surface area (Å²) < 4.78 is 5.86. The third-order valence-electron chi connectivity index (χ3n) is 6.22. The van der Waals surface area contributed by atoms with Gasteiger partial charge in [-0.15, -0.1) is 5.10 Å². The highest BCUT2D eigenvalue weighted by atomic mass is 16.4. The topological polar surface area (TPSA) is 104 Å². The minimum absolute atomic E-state index is 0.0873. The van der Waals surface area contributed by atoms with E-state index in [-0.39, 0.29) is 18.2 Å². The lowest BCUT2D eigenvalue weighted by atomic mass is 9.96. The zero-order valence-electron chi connectivity index (χ0n) is 18.6. The number of allylic oxidation sites excluding steroid dienone is 2. The van der Waals surface area contributed by atoms with E-state index in [0.29, 0.717) is 17.9 Å². The van der Waals surface area contributed by atoms with Crippen LogP contribution in [0.15, 0.2) is 88.3 Å². The molecule has 0 fully saturated rings. The summed E-state index contributed by atoms with van der Waals surface area (Å²) in [6.07, 6.45) is 1.98. The monoisotopic (exact) mass is 457 g/mol. The van der Waals surface area contributed by atoms with Gasteiger partial charge in [-0.3, -0.25) is 9.79 Å². The molecule has 1 atom stereocenters. The number of rotatable bonds is 4. The second-order valence-corrected chi connectivity index (χ2v) is 8.41. The standard InChI is InChI=1S/C28H19N5O2/c29-16-21-11-10-19-14-20(12-13-22(19)21)27-32-33-28(35-27)31-26-24(34)15-18-8-4-5-9-23(18)25(30-26)17-6-2-1-3-7-17/h1-9,11-14,26H,10,15H2,(H,31,33)/t26-/m1/s1. The van der Waals surface area contributed by atoms with E-state index >= 15 is 0 Å². The van der Waals surface area contributed by atoms with E-state index in [9.17, 15) is 10.1 Å². The average molecular weight is 457 g/mol. The van der Waals surface area contributed by atoms with Crippen molar-refractivity contribution in [3.05, 3.63) is 107 Å². The molecule has 0 unspecified atom stereocenters. The number of aromatic nitrogens is 2. The van der Waals surface area contributed by atoms with Gasteiger partial charge in [0.05, 0.1) is 17.4 Å². The Morgan fingerprint density at radius 1 is 0.914 bits per heavy atom. The fraction of sp³-hybridized carbons (Fsp3) is 0.107. The lowest BCUT2D eigenvalue weighted by Gasteiger charge is -2.11. The maximum absolute atomic E-state index is 13.1. The molecule has 2 heterocycles. The van der Waals surface area contributed by atoms with E-state index in [1.165, 1.54) is 0 Å².